The molecule has 3 heterocycles. The number of halogens is 2. The van der Waals surface area contributed by atoms with Crippen molar-refractivity contribution >= 4 is 56.4 Å². The van der Waals surface area contributed by atoms with E-state index in [0.29, 0.717) is 23.5 Å². The zero-order valence-corrected chi connectivity index (χ0v) is 23.3. The molecule has 0 saturated carbocycles. The molecule has 3 aromatic heterocycles. The highest BCUT2D eigenvalue weighted by atomic mass is 79.9. The Morgan fingerprint density at radius 2 is 1.93 bits per heavy atom. The molecule has 2 amide bonds. The van der Waals surface area contributed by atoms with Gasteiger partial charge in [-0.3, -0.25) is 20.3 Å². The van der Waals surface area contributed by atoms with Crippen LogP contribution in [0.25, 0.3) is 5.65 Å². The summed E-state index contributed by atoms with van der Waals surface area (Å²) >= 11 is 3.08. The second-order valence-corrected chi connectivity index (χ2v) is 9.70. The topological polar surface area (TPSA) is 171 Å². The van der Waals surface area contributed by atoms with Gasteiger partial charge < -0.3 is 20.4 Å². The van der Waals surface area contributed by atoms with E-state index in [1.165, 1.54) is 18.2 Å². The Morgan fingerprint density at radius 1 is 1.10 bits per heavy atom. The van der Waals surface area contributed by atoms with Crippen LogP contribution in [0.4, 0.5) is 21.6 Å². The summed E-state index contributed by atoms with van der Waals surface area (Å²) in [7, 11) is 0. The number of amidine groups is 1. The zero-order valence-electron chi connectivity index (χ0n) is 21.7. The molecule has 13 nitrogen and oxygen atoms in total. The summed E-state index contributed by atoms with van der Waals surface area (Å²) in [5.41, 5.74) is 5.04. The van der Waals surface area contributed by atoms with Gasteiger partial charge in [0.15, 0.2) is 11.5 Å². The Hall–Kier alpha value is -5.15. The van der Waals surface area contributed by atoms with E-state index in [-0.39, 0.29) is 46.6 Å². The third-order valence-electron chi connectivity index (χ3n) is 5.95. The second-order valence-electron chi connectivity index (χ2n) is 8.85. The fourth-order valence-electron chi connectivity index (χ4n) is 3.84. The third kappa shape index (κ3) is 6.94. The van der Waals surface area contributed by atoms with Crippen molar-refractivity contribution in [3.8, 4) is 0 Å². The average molecular weight is 636 g/mol. The molecular formula is C27H23BrFN9O4. The molecule has 42 heavy (non-hydrogen) atoms. The summed E-state index contributed by atoms with van der Waals surface area (Å²) in [4.78, 5) is 33.3. The number of hydrogen-bond donors (Lipinski definition) is 5. The van der Waals surface area contributed by atoms with Crippen LogP contribution in [-0.2, 0) is 11.3 Å². The van der Waals surface area contributed by atoms with Gasteiger partial charge in [-0.15, -0.1) is 0 Å². The molecule has 0 radical (unpaired) electrons. The quantitative estimate of drug-likeness (QED) is 0.0862. The predicted octanol–water partition coefficient (Wildman–Crippen LogP) is 4.05. The normalized spacial score (nSPS) is 11.4. The summed E-state index contributed by atoms with van der Waals surface area (Å²) in [5.74, 6) is -0.895. The number of carbonyl (C=O) groups excluding carboxylic acids is 2. The summed E-state index contributed by atoms with van der Waals surface area (Å²) < 4.78 is 20.2. The number of fused-ring (bicyclic) bond motifs is 1. The minimum absolute atomic E-state index is 0.0586. The molecule has 0 saturated heterocycles. The number of hydroxylamine groups is 1. The van der Waals surface area contributed by atoms with Gasteiger partial charge >= 0.3 is 0 Å². The molecule has 5 aromatic rings. The lowest BCUT2D eigenvalue weighted by Gasteiger charge is -2.09. The first kappa shape index (κ1) is 28.4. The van der Waals surface area contributed by atoms with Crippen molar-refractivity contribution in [2.45, 2.75) is 13.0 Å². The van der Waals surface area contributed by atoms with Crippen molar-refractivity contribution in [2.75, 3.05) is 17.2 Å². The molecule has 214 valence electrons. The number of carbonyl (C=O) groups is 2. The van der Waals surface area contributed by atoms with E-state index < -0.39 is 5.82 Å². The van der Waals surface area contributed by atoms with Crippen LogP contribution in [0.3, 0.4) is 0 Å². The number of imidazole rings is 1. The van der Waals surface area contributed by atoms with Gasteiger partial charge in [0.25, 0.3) is 5.91 Å². The maximum atomic E-state index is 13.5. The van der Waals surface area contributed by atoms with Crippen LogP contribution in [-0.4, -0.2) is 49.1 Å². The Labute approximate surface area is 245 Å². The molecule has 0 aliphatic heterocycles. The van der Waals surface area contributed by atoms with E-state index in [9.17, 15) is 19.2 Å². The molecule has 0 bridgehead atoms. The van der Waals surface area contributed by atoms with E-state index in [4.69, 9.17) is 4.63 Å². The van der Waals surface area contributed by atoms with Crippen LogP contribution in [0.1, 0.15) is 28.0 Å². The fraction of sp³-hybridized carbons (Fsp3) is 0.111. The van der Waals surface area contributed by atoms with Crippen molar-refractivity contribution in [3.63, 3.8) is 0 Å². The van der Waals surface area contributed by atoms with E-state index in [1.54, 1.807) is 47.3 Å². The number of pyridine rings is 1. The minimum Gasteiger partial charge on any atom is -0.365 e. The standard InChI is InChI=1S/C27H23BrFN9O4/c28-20-13-19(6-7-21(20)29)34-26(35-41)24-25(37-42-36-24)31-10-9-23(39)33-18-4-1-16(2-5-18)14-32-27(40)17-3-8-22-30-11-12-38(22)15-17/h1-8,11-13,15,41H,9-10,14H2,(H,31,37)(H,32,40)(H,33,39)(H,34,35). The lowest BCUT2D eigenvalue weighted by molar-refractivity contribution is -0.115. The number of aliphatic imine (C=N–C) groups is 1. The van der Waals surface area contributed by atoms with E-state index in [1.807, 2.05) is 17.6 Å². The number of hydrogen-bond acceptors (Lipinski definition) is 9. The molecular weight excluding hydrogens is 613 g/mol. The van der Waals surface area contributed by atoms with Crippen LogP contribution < -0.4 is 21.4 Å². The largest absolute Gasteiger partial charge is 0.365 e. The zero-order chi connectivity index (χ0) is 29.5. The summed E-state index contributed by atoms with van der Waals surface area (Å²) in [5, 5.41) is 25.6. The number of rotatable bonds is 10. The summed E-state index contributed by atoms with van der Waals surface area (Å²) in [6, 6.07) is 14.6. The molecule has 0 aliphatic rings. The van der Waals surface area contributed by atoms with Crippen molar-refractivity contribution in [3.05, 3.63) is 100 Å². The van der Waals surface area contributed by atoms with Crippen LogP contribution in [0.15, 0.2) is 87.3 Å². The second kappa shape index (κ2) is 13.0. The number of nitrogens with one attached hydrogen (secondary N) is 4. The Morgan fingerprint density at radius 3 is 2.71 bits per heavy atom. The summed E-state index contributed by atoms with van der Waals surface area (Å²) in [6.07, 6.45) is 5.23. The predicted molar refractivity (Wildman–Crippen MR) is 154 cm³/mol. The molecule has 0 fully saturated rings. The molecule has 0 spiro atoms. The van der Waals surface area contributed by atoms with Crippen LogP contribution in [0.2, 0.25) is 0 Å². The molecule has 0 atom stereocenters. The smallest absolute Gasteiger partial charge is 0.253 e. The number of nitrogens with zero attached hydrogens (tertiary/aromatic N) is 5. The van der Waals surface area contributed by atoms with Gasteiger partial charge in [0, 0.05) is 43.8 Å². The van der Waals surface area contributed by atoms with Gasteiger partial charge in [0.05, 0.1) is 15.7 Å². The number of anilines is 2. The van der Waals surface area contributed by atoms with Gasteiger partial charge in [-0.25, -0.2) is 19.0 Å². The molecule has 2 aromatic carbocycles. The number of aromatic nitrogens is 4. The van der Waals surface area contributed by atoms with Gasteiger partial charge in [-0.1, -0.05) is 12.1 Å². The Bertz CT molecular complexity index is 1750. The van der Waals surface area contributed by atoms with E-state index in [2.05, 4.69) is 52.2 Å². The van der Waals surface area contributed by atoms with E-state index in [0.717, 1.165) is 11.2 Å². The molecule has 0 unspecified atom stereocenters. The SMILES string of the molecule is O=C(CCNc1nonc1C(=Nc1ccc(F)c(Br)c1)NO)Nc1ccc(CNC(=O)c2ccc3nccn3c2)cc1. The van der Waals surface area contributed by atoms with Gasteiger partial charge in [-0.2, -0.15) is 0 Å². The first-order chi connectivity index (χ1) is 20.4. The van der Waals surface area contributed by atoms with Crippen molar-refractivity contribution < 1.29 is 23.8 Å². The third-order valence-corrected chi connectivity index (χ3v) is 6.56. The molecule has 0 aliphatic carbocycles. The van der Waals surface area contributed by atoms with Crippen molar-refractivity contribution in [1.29, 1.82) is 0 Å². The highest BCUT2D eigenvalue weighted by molar-refractivity contribution is 9.10. The molecule has 15 heteroatoms. The van der Waals surface area contributed by atoms with Crippen molar-refractivity contribution in [1.82, 2.24) is 30.5 Å². The summed E-state index contributed by atoms with van der Waals surface area (Å²) in [6.45, 7) is 0.488. The molecule has 5 N–H and O–H groups in total. The fourth-order valence-corrected chi connectivity index (χ4v) is 4.20. The first-order valence-corrected chi connectivity index (χ1v) is 13.3. The highest BCUT2D eigenvalue weighted by Crippen LogP contribution is 2.23. The van der Waals surface area contributed by atoms with Crippen LogP contribution in [0.5, 0.6) is 0 Å². The first-order valence-electron chi connectivity index (χ1n) is 12.5. The van der Waals surface area contributed by atoms with Gasteiger partial charge in [0.2, 0.25) is 11.7 Å². The molecule has 5 rings (SSSR count). The lowest BCUT2D eigenvalue weighted by atomic mass is 10.2. The van der Waals surface area contributed by atoms with Crippen LogP contribution in [0, 0.1) is 5.82 Å². The number of benzene rings is 2. The van der Waals surface area contributed by atoms with Crippen LogP contribution >= 0.6 is 15.9 Å². The van der Waals surface area contributed by atoms with Gasteiger partial charge in [-0.05, 0) is 74.3 Å². The van der Waals surface area contributed by atoms with Gasteiger partial charge in [0.1, 0.15) is 11.5 Å². The number of amides is 2. The Balaban J connectivity index is 1.09. The lowest BCUT2D eigenvalue weighted by Crippen LogP contribution is -2.23. The maximum absolute atomic E-state index is 13.5. The Kier molecular flexibility index (Phi) is 8.79. The highest BCUT2D eigenvalue weighted by Gasteiger charge is 2.17. The average Bonchev–Trinajstić information content (AvgIpc) is 3.66. The van der Waals surface area contributed by atoms with E-state index >= 15 is 0 Å². The monoisotopic (exact) mass is 635 g/mol. The minimum atomic E-state index is -0.461. The van der Waals surface area contributed by atoms with Crippen molar-refractivity contribution in [2.24, 2.45) is 4.99 Å². The maximum Gasteiger partial charge on any atom is 0.253 e.